The number of esters is 2. The molecular formula is C22H27NO7S2. The monoisotopic (exact) mass is 481 g/mol. The number of nitrogens with one attached hydrogen (secondary N) is 1. The summed E-state index contributed by atoms with van der Waals surface area (Å²) in [5.41, 5.74) is 1.10. The van der Waals surface area contributed by atoms with Crippen LogP contribution in [0.1, 0.15) is 58.9 Å². The van der Waals surface area contributed by atoms with E-state index in [0.29, 0.717) is 11.1 Å². The Hall–Kier alpha value is -2.72. The highest BCUT2D eigenvalue weighted by atomic mass is 32.2. The number of benzene rings is 1. The lowest BCUT2D eigenvalue weighted by molar-refractivity contribution is -0.115. The third kappa shape index (κ3) is 5.74. The zero-order valence-corrected chi connectivity index (χ0v) is 20.3. The van der Waals surface area contributed by atoms with Gasteiger partial charge in [-0.15, -0.1) is 11.3 Å². The molecule has 10 heteroatoms. The van der Waals surface area contributed by atoms with Gasteiger partial charge in [0.05, 0.1) is 35.3 Å². The predicted molar refractivity (Wildman–Crippen MR) is 122 cm³/mol. The van der Waals surface area contributed by atoms with Gasteiger partial charge < -0.3 is 14.8 Å². The van der Waals surface area contributed by atoms with Crippen LogP contribution in [0.5, 0.6) is 0 Å². The molecule has 0 fully saturated rings. The predicted octanol–water partition coefficient (Wildman–Crippen LogP) is 3.77. The lowest BCUT2D eigenvalue weighted by Crippen LogP contribution is -2.17. The third-order valence-corrected chi connectivity index (χ3v) is 7.94. The molecule has 1 aromatic carbocycles. The molecule has 0 aliphatic carbocycles. The fourth-order valence-corrected chi connectivity index (χ4v) is 5.03. The maximum Gasteiger partial charge on any atom is 0.348 e. The minimum absolute atomic E-state index is 0.0457. The Labute approximate surface area is 191 Å². The van der Waals surface area contributed by atoms with Crippen molar-refractivity contribution in [3.8, 4) is 0 Å². The molecule has 32 heavy (non-hydrogen) atoms. The zero-order chi connectivity index (χ0) is 24.1. The number of amides is 1. The van der Waals surface area contributed by atoms with E-state index in [4.69, 9.17) is 9.47 Å². The van der Waals surface area contributed by atoms with Gasteiger partial charge in [-0.05, 0) is 57.9 Å². The number of ether oxygens (including phenoxy) is 2. The molecule has 8 nitrogen and oxygen atoms in total. The van der Waals surface area contributed by atoms with Crippen molar-refractivity contribution >= 4 is 44.0 Å². The number of thiophene rings is 1. The van der Waals surface area contributed by atoms with Crippen molar-refractivity contribution in [1.82, 2.24) is 0 Å². The molecular weight excluding hydrogens is 454 g/mol. The number of carbonyl (C=O) groups is 3. The van der Waals surface area contributed by atoms with Gasteiger partial charge in [0.25, 0.3) is 0 Å². The first kappa shape index (κ1) is 25.5. The molecule has 0 saturated heterocycles. The van der Waals surface area contributed by atoms with Crippen LogP contribution >= 0.6 is 11.3 Å². The Morgan fingerprint density at radius 2 is 1.56 bits per heavy atom. The first-order chi connectivity index (χ1) is 15.0. The molecule has 0 saturated carbocycles. The van der Waals surface area contributed by atoms with E-state index in [2.05, 4.69) is 5.32 Å². The Balaban J connectivity index is 2.26. The van der Waals surface area contributed by atoms with Crippen molar-refractivity contribution in [2.75, 3.05) is 18.5 Å². The van der Waals surface area contributed by atoms with Gasteiger partial charge in [0.15, 0.2) is 9.84 Å². The number of anilines is 1. The van der Waals surface area contributed by atoms with Crippen molar-refractivity contribution in [3.05, 3.63) is 45.8 Å². The Bertz CT molecular complexity index is 1100. The van der Waals surface area contributed by atoms with Gasteiger partial charge in [0.2, 0.25) is 5.91 Å². The number of hydrogen-bond acceptors (Lipinski definition) is 8. The molecule has 0 aliphatic rings. The second kappa shape index (κ2) is 10.7. The van der Waals surface area contributed by atoms with Crippen LogP contribution in [0.4, 0.5) is 5.00 Å². The summed E-state index contributed by atoms with van der Waals surface area (Å²) in [5, 5.41) is 2.33. The van der Waals surface area contributed by atoms with E-state index in [1.54, 1.807) is 46.8 Å². The van der Waals surface area contributed by atoms with Gasteiger partial charge in [-0.1, -0.05) is 12.1 Å². The van der Waals surface area contributed by atoms with Crippen molar-refractivity contribution in [2.45, 2.75) is 51.2 Å². The highest BCUT2D eigenvalue weighted by Gasteiger charge is 2.27. The van der Waals surface area contributed by atoms with Crippen molar-refractivity contribution in [3.63, 3.8) is 0 Å². The van der Waals surface area contributed by atoms with E-state index in [-0.39, 0.29) is 40.0 Å². The second-order valence-electron chi connectivity index (χ2n) is 7.16. The van der Waals surface area contributed by atoms with Gasteiger partial charge in [0, 0.05) is 0 Å². The minimum atomic E-state index is -3.40. The number of carbonyl (C=O) groups excluding carboxylic acids is 3. The molecule has 0 unspecified atom stereocenters. The van der Waals surface area contributed by atoms with Crippen LogP contribution in [-0.4, -0.2) is 44.7 Å². The number of sulfone groups is 1. The standard InChI is InChI=1S/C22H27NO7S2/c1-6-29-21(25)18-14(5)19(22(26)30-7-2)31-20(18)23-17(24)12-15-8-10-16(11-9-15)32(27,28)13(3)4/h8-11,13H,6-7,12H2,1-5H3,(H,23,24). The molecule has 2 rings (SSSR count). The van der Waals surface area contributed by atoms with Crippen LogP contribution in [0, 0.1) is 6.92 Å². The van der Waals surface area contributed by atoms with Crippen molar-refractivity contribution < 1.29 is 32.3 Å². The van der Waals surface area contributed by atoms with Crippen LogP contribution in [-0.2, 0) is 30.5 Å². The Kier molecular flexibility index (Phi) is 8.57. The quantitative estimate of drug-likeness (QED) is 0.542. The summed E-state index contributed by atoms with van der Waals surface area (Å²) in [4.78, 5) is 37.7. The molecule has 0 spiro atoms. The average molecular weight is 482 g/mol. The van der Waals surface area contributed by atoms with E-state index in [1.165, 1.54) is 12.1 Å². The van der Waals surface area contributed by atoms with Crippen molar-refractivity contribution in [1.29, 1.82) is 0 Å². The number of rotatable bonds is 9. The summed E-state index contributed by atoms with van der Waals surface area (Å²) in [5.74, 6) is -1.65. The molecule has 1 heterocycles. The SMILES string of the molecule is CCOC(=O)c1sc(NC(=O)Cc2ccc(S(=O)(=O)C(C)C)cc2)c(C(=O)OCC)c1C. The molecule has 1 amide bonds. The molecule has 0 radical (unpaired) electrons. The van der Waals surface area contributed by atoms with Gasteiger partial charge in [-0.25, -0.2) is 18.0 Å². The molecule has 2 aromatic rings. The van der Waals surface area contributed by atoms with E-state index in [0.717, 1.165) is 11.3 Å². The third-order valence-electron chi connectivity index (χ3n) is 4.58. The van der Waals surface area contributed by atoms with Gasteiger partial charge in [-0.3, -0.25) is 4.79 Å². The number of hydrogen-bond donors (Lipinski definition) is 1. The van der Waals surface area contributed by atoms with Crippen molar-refractivity contribution in [2.24, 2.45) is 0 Å². The van der Waals surface area contributed by atoms with Crippen LogP contribution in [0.3, 0.4) is 0 Å². The van der Waals surface area contributed by atoms with Gasteiger partial charge in [0.1, 0.15) is 9.88 Å². The van der Waals surface area contributed by atoms with Crippen LogP contribution in [0.15, 0.2) is 29.2 Å². The Morgan fingerprint density at radius 1 is 1.00 bits per heavy atom. The van der Waals surface area contributed by atoms with Crippen LogP contribution in [0.25, 0.3) is 0 Å². The molecule has 174 valence electrons. The zero-order valence-electron chi connectivity index (χ0n) is 18.7. The van der Waals surface area contributed by atoms with Crippen LogP contribution in [0.2, 0.25) is 0 Å². The summed E-state index contributed by atoms with van der Waals surface area (Å²) in [7, 11) is -3.40. The molecule has 1 aromatic heterocycles. The second-order valence-corrected chi connectivity index (χ2v) is 10.7. The lowest BCUT2D eigenvalue weighted by Gasteiger charge is -2.09. The lowest BCUT2D eigenvalue weighted by atomic mass is 10.1. The summed E-state index contributed by atoms with van der Waals surface area (Å²) in [6.45, 7) is 8.45. The minimum Gasteiger partial charge on any atom is -0.462 e. The van der Waals surface area contributed by atoms with Gasteiger partial charge >= 0.3 is 11.9 Å². The first-order valence-corrected chi connectivity index (χ1v) is 12.5. The average Bonchev–Trinajstić information content (AvgIpc) is 3.04. The summed E-state index contributed by atoms with van der Waals surface area (Å²) < 4.78 is 34.6. The maximum absolute atomic E-state index is 12.6. The van der Waals surface area contributed by atoms with Crippen LogP contribution < -0.4 is 5.32 Å². The fraction of sp³-hybridized carbons (Fsp3) is 0.409. The molecule has 1 N–H and O–H groups in total. The Morgan fingerprint density at radius 3 is 2.09 bits per heavy atom. The van der Waals surface area contributed by atoms with E-state index in [1.807, 2.05) is 0 Å². The maximum atomic E-state index is 12.6. The fourth-order valence-electron chi connectivity index (χ4n) is 2.87. The molecule has 0 bridgehead atoms. The molecule has 0 aliphatic heterocycles. The summed E-state index contributed by atoms with van der Waals surface area (Å²) in [6.07, 6.45) is -0.0457. The highest BCUT2D eigenvalue weighted by molar-refractivity contribution is 7.92. The summed E-state index contributed by atoms with van der Waals surface area (Å²) in [6, 6.07) is 6.09. The first-order valence-electron chi connectivity index (χ1n) is 10.1. The smallest absolute Gasteiger partial charge is 0.348 e. The largest absolute Gasteiger partial charge is 0.462 e. The molecule has 0 atom stereocenters. The topological polar surface area (TPSA) is 116 Å². The normalized spacial score (nSPS) is 11.3. The van der Waals surface area contributed by atoms with E-state index in [9.17, 15) is 22.8 Å². The highest BCUT2D eigenvalue weighted by Crippen LogP contribution is 2.34. The van der Waals surface area contributed by atoms with Gasteiger partial charge in [-0.2, -0.15) is 0 Å². The van der Waals surface area contributed by atoms with E-state index < -0.39 is 32.9 Å². The van der Waals surface area contributed by atoms with E-state index >= 15 is 0 Å². The summed E-state index contributed by atoms with van der Waals surface area (Å²) >= 11 is 0.950.